The molecule has 5 nitrogen and oxygen atoms in total. The Balaban J connectivity index is 1.98. The van der Waals surface area contributed by atoms with Gasteiger partial charge in [0.1, 0.15) is 10.6 Å². The summed E-state index contributed by atoms with van der Waals surface area (Å²) in [6, 6.07) is 6.83. The largest absolute Gasteiger partial charge is 0.477 e. The van der Waals surface area contributed by atoms with Crippen molar-refractivity contribution in [3.63, 3.8) is 0 Å². The number of carboxylic acid groups (broad SMARTS) is 1. The fourth-order valence-corrected chi connectivity index (χ4v) is 2.60. The molecule has 0 fully saturated rings. The molecule has 0 atom stereocenters. The van der Waals surface area contributed by atoms with Crippen LogP contribution in [0.15, 0.2) is 30.5 Å². The first kappa shape index (κ1) is 16.2. The van der Waals surface area contributed by atoms with E-state index in [1.54, 1.807) is 18.3 Å². The van der Waals surface area contributed by atoms with Crippen molar-refractivity contribution in [1.82, 2.24) is 10.3 Å². The first-order valence-corrected chi connectivity index (χ1v) is 7.66. The predicted octanol–water partition coefficient (Wildman–Crippen LogP) is 3.07. The third kappa shape index (κ3) is 3.92. The van der Waals surface area contributed by atoms with Crippen LogP contribution in [-0.4, -0.2) is 22.0 Å². The average molecular weight is 318 g/mol. The SMILES string of the molecule is CC(C)(C)c1ccc(C(=O)NCc2ccc(C(=O)O)s2)nc1. The van der Waals surface area contributed by atoms with Crippen LogP contribution in [-0.2, 0) is 12.0 Å². The molecule has 2 aromatic heterocycles. The van der Waals surface area contributed by atoms with Gasteiger partial charge < -0.3 is 10.4 Å². The Morgan fingerprint density at radius 2 is 1.95 bits per heavy atom. The maximum Gasteiger partial charge on any atom is 0.345 e. The molecule has 22 heavy (non-hydrogen) atoms. The van der Waals surface area contributed by atoms with E-state index in [0.717, 1.165) is 21.8 Å². The third-order valence-electron chi connectivity index (χ3n) is 3.16. The third-order valence-corrected chi connectivity index (χ3v) is 4.23. The van der Waals surface area contributed by atoms with Crippen LogP contribution in [0.2, 0.25) is 0 Å². The number of carbonyl (C=O) groups excluding carboxylic acids is 1. The molecule has 0 aliphatic rings. The minimum absolute atomic E-state index is 0.00773. The van der Waals surface area contributed by atoms with Gasteiger partial charge in [0.05, 0.1) is 6.54 Å². The van der Waals surface area contributed by atoms with Gasteiger partial charge in [-0.2, -0.15) is 0 Å². The summed E-state index contributed by atoms with van der Waals surface area (Å²) in [5.41, 5.74) is 1.41. The van der Waals surface area contributed by atoms with Crippen molar-refractivity contribution in [3.8, 4) is 0 Å². The minimum atomic E-state index is -0.956. The van der Waals surface area contributed by atoms with Crippen LogP contribution in [0.5, 0.6) is 0 Å². The van der Waals surface area contributed by atoms with Crippen LogP contribution < -0.4 is 5.32 Å². The fourth-order valence-electron chi connectivity index (χ4n) is 1.82. The molecule has 0 bridgehead atoms. The number of nitrogens with one attached hydrogen (secondary N) is 1. The molecular weight excluding hydrogens is 300 g/mol. The van der Waals surface area contributed by atoms with Crippen molar-refractivity contribution >= 4 is 23.2 Å². The summed E-state index contributed by atoms with van der Waals surface area (Å²) in [4.78, 5) is 28.1. The number of pyridine rings is 1. The Kier molecular flexibility index (Phi) is 4.61. The number of nitrogens with zero attached hydrogens (tertiary/aromatic N) is 1. The second-order valence-electron chi connectivity index (χ2n) is 5.94. The summed E-state index contributed by atoms with van der Waals surface area (Å²) >= 11 is 1.15. The van der Waals surface area contributed by atoms with Gasteiger partial charge in [0.25, 0.3) is 5.91 Å². The first-order chi connectivity index (χ1) is 10.3. The maximum atomic E-state index is 12.0. The summed E-state index contributed by atoms with van der Waals surface area (Å²) < 4.78 is 0. The summed E-state index contributed by atoms with van der Waals surface area (Å²) in [6.07, 6.45) is 1.71. The van der Waals surface area contributed by atoms with E-state index in [0.29, 0.717) is 12.2 Å². The molecule has 0 saturated carbocycles. The Labute approximate surface area is 133 Å². The number of rotatable bonds is 4. The average Bonchev–Trinajstić information content (AvgIpc) is 2.93. The molecule has 0 aliphatic carbocycles. The number of hydrogen-bond donors (Lipinski definition) is 2. The molecular formula is C16H18N2O3S. The van der Waals surface area contributed by atoms with Crippen molar-refractivity contribution in [3.05, 3.63) is 51.5 Å². The zero-order valence-electron chi connectivity index (χ0n) is 12.7. The quantitative estimate of drug-likeness (QED) is 0.908. The zero-order valence-corrected chi connectivity index (χ0v) is 13.5. The number of thiophene rings is 1. The molecule has 0 aromatic carbocycles. The van der Waals surface area contributed by atoms with Crippen LogP contribution in [0.3, 0.4) is 0 Å². The highest BCUT2D eigenvalue weighted by molar-refractivity contribution is 7.13. The summed E-state index contributed by atoms with van der Waals surface area (Å²) in [7, 11) is 0. The van der Waals surface area contributed by atoms with Gasteiger partial charge in [-0.1, -0.05) is 26.8 Å². The van der Waals surface area contributed by atoms with Gasteiger partial charge in [0.15, 0.2) is 0 Å². The molecule has 0 saturated heterocycles. The molecule has 0 unspecified atom stereocenters. The smallest absolute Gasteiger partial charge is 0.345 e. The molecule has 0 aliphatic heterocycles. The molecule has 2 N–H and O–H groups in total. The topological polar surface area (TPSA) is 79.3 Å². The van der Waals surface area contributed by atoms with Crippen LogP contribution in [0.4, 0.5) is 0 Å². The number of aromatic carboxylic acids is 1. The minimum Gasteiger partial charge on any atom is -0.477 e. The van der Waals surface area contributed by atoms with E-state index in [1.807, 2.05) is 6.07 Å². The summed E-state index contributed by atoms with van der Waals surface area (Å²) in [5, 5.41) is 11.6. The van der Waals surface area contributed by atoms with E-state index >= 15 is 0 Å². The summed E-state index contributed by atoms with van der Waals surface area (Å²) in [6.45, 7) is 6.54. The van der Waals surface area contributed by atoms with Crippen LogP contribution in [0, 0.1) is 0 Å². The van der Waals surface area contributed by atoms with Crippen molar-refractivity contribution in [1.29, 1.82) is 0 Å². The van der Waals surface area contributed by atoms with Crippen LogP contribution in [0.1, 0.15) is 51.4 Å². The maximum absolute atomic E-state index is 12.0. The Bertz CT molecular complexity index is 684. The second-order valence-corrected chi connectivity index (χ2v) is 7.10. The molecule has 0 spiro atoms. The Morgan fingerprint density at radius 3 is 2.45 bits per heavy atom. The van der Waals surface area contributed by atoms with Gasteiger partial charge >= 0.3 is 5.97 Å². The highest BCUT2D eigenvalue weighted by atomic mass is 32.1. The lowest BCUT2D eigenvalue weighted by molar-refractivity contribution is 0.0702. The molecule has 2 heterocycles. The van der Waals surface area contributed by atoms with Crippen molar-refractivity contribution < 1.29 is 14.7 Å². The van der Waals surface area contributed by atoms with Crippen LogP contribution >= 0.6 is 11.3 Å². The fraction of sp³-hybridized carbons (Fsp3) is 0.312. The van der Waals surface area contributed by atoms with Crippen molar-refractivity contribution in [2.24, 2.45) is 0 Å². The lowest BCUT2D eigenvalue weighted by atomic mass is 9.88. The number of amides is 1. The van der Waals surface area contributed by atoms with E-state index in [9.17, 15) is 9.59 Å². The van der Waals surface area contributed by atoms with Gasteiger partial charge in [-0.05, 0) is 29.2 Å². The van der Waals surface area contributed by atoms with Gasteiger partial charge in [0.2, 0.25) is 0 Å². The zero-order chi connectivity index (χ0) is 16.3. The van der Waals surface area contributed by atoms with E-state index in [1.165, 1.54) is 6.07 Å². The van der Waals surface area contributed by atoms with Gasteiger partial charge in [-0.25, -0.2) is 4.79 Å². The molecule has 6 heteroatoms. The highest BCUT2D eigenvalue weighted by Gasteiger charge is 2.15. The van der Waals surface area contributed by atoms with E-state index < -0.39 is 5.97 Å². The van der Waals surface area contributed by atoms with Crippen molar-refractivity contribution in [2.45, 2.75) is 32.7 Å². The predicted molar refractivity (Wildman–Crippen MR) is 85.4 cm³/mol. The van der Waals surface area contributed by atoms with E-state index in [2.05, 4.69) is 31.1 Å². The van der Waals surface area contributed by atoms with E-state index in [4.69, 9.17) is 5.11 Å². The molecule has 0 radical (unpaired) electrons. The monoisotopic (exact) mass is 318 g/mol. The Hall–Kier alpha value is -2.21. The number of aromatic nitrogens is 1. The molecule has 116 valence electrons. The van der Waals surface area contributed by atoms with E-state index in [-0.39, 0.29) is 16.2 Å². The number of carboxylic acids is 1. The summed E-state index contributed by atoms with van der Waals surface area (Å²) in [5.74, 6) is -1.23. The van der Waals surface area contributed by atoms with Crippen molar-refractivity contribution in [2.75, 3.05) is 0 Å². The normalized spacial score (nSPS) is 11.2. The lowest BCUT2D eigenvalue weighted by Crippen LogP contribution is -2.23. The first-order valence-electron chi connectivity index (χ1n) is 6.84. The van der Waals surface area contributed by atoms with Crippen LogP contribution in [0.25, 0.3) is 0 Å². The van der Waals surface area contributed by atoms with Gasteiger partial charge in [-0.15, -0.1) is 11.3 Å². The standard InChI is InChI=1S/C16H18N2O3S/c1-16(2,3)10-4-6-12(17-8-10)14(19)18-9-11-5-7-13(22-11)15(20)21/h4-8H,9H2,1-3H3,(H,18,19)(H,20,21). The Morgan fingerprint density at radius 1 is 1.23 bits per heavy atom. The number of hydrogen-bond acceptors (Lipinski definition) is 4. The second kappa shape index (κ2) is 6.27. The molecule has 1 amide bonds. The molecule has 2 rings (SSSR count). The van der Waals surface area contributed by atoms with Gasteiger partial charge in [-0.3, -0.25) is 9.78 Å². The lowest BCUT2D eigenvalue weighted by Gasteiger charge is -2.18. The van der Waals surface area contributed by atoms with Gasteiger partial charge in [0, 0.05) is 11.1 Å². The highest BCUT2D eigenvalue weighted by Crippen LogP contribution is 2.21. The number of carbonyl (C=O) groups is 2. The molecule has 2 aromatic rings.